The van der Waals surface area contributed by atoms with Crippen LogP contribution in [-0.4, -0.2) is 36.7 Å². The van der Waals surface area contributed by atoms with E-state index in [4.69, 9.17) is 9.84 Å². The van der Waals surface area contributed by atoms with Gasteiger partial charge in [0.1, 0.15) is 0 Å². The van der Waals surface area contributed by atoms with Gasteiger partial charge in [0.15, 0.2) is 0 Å². The van der Waals surface area contributed by atoms with Crippen molar-refractivity contribution in [3.63, 3.8) is 0 Å². The van der Waals surface area contributed by atoms with Crippen LogP contribution >= 0.6 is 0 Å². The molecule has 3 atom stereocenters. The minimum absolute atomic E-state index is 0.0941. The predicted molar refractivity (Wildman–Crippen MR) is 57.9 cm³/mol. The van der Waals surface area contributed by atoms with E-state index in [9.17, 15) is 9.59 Å². The molecule has 0 aromatic heterocycles. The summed E-state index contributed by atoms with van der Waals surface area (Å²) >= 11 is 0. The molecule has 0 saturated heterocycles. The van der Waals surface area contributed by atoms with Crippen LogP contribution in [0.2, 0.25) is 0 Å². The molecule has 5 nitrogen and oxygen atoms in total. The van der Waals surface area contributed by atoms with Gasteiger partial charge in [0.25, 0.3) is 0 Å². The van der Waals surface area contributed by atoms with Crippen LogP contribution in [0.15, 0.2) is 0 Å². The molecule has 1 aliphatic rings. The van der Waals surface area contributed by atoms with Gasteiger partial charge in [-0.3, -0.25) is 9.59 Å². The highest BCUT2D eigenvalue weighted by atomic mass is 16.5. The number of hydrogen-bond donors (Lipinski definition) is 2. The lowest BCUT2D eigenvalue weighted by atomic mass is 10.1. The van der Waals surface area contributed by atoms with Gasteiger partial charge >= 0.3 is 5.97 Å². The second-order valence-electron chi connectivity index (χ2n) is 4.98. The first-order valence-corrected chi connectivity index (χ1v) is 5.34. The highest BCUT2D eigenvalue weighted by molar-refractivity contribution is 5.91. The monoisotopic (exact) mass is 229 g/mol. The van der Waals surface area contributed by atoms with Crippen molar-refractivity contribution in [1.82, 2.24) is 5.32 Å². The minimum atomic E-state index is -0.899. The molecule has 0 bridgehead atoms. The summed E-state index contributed by atoms with van der Waals surface area (Å²) in [4.78, 5) is 22.7. The number of ether oxygens (including phenoxy) is 1. The number of nitrogens with one attached hydrogen (secondary N) is 1. The standard InChI is InChI=1S/C11H19NO4/c1-6(5-16-4)12-9(13)7-8(10(14)15)11(7,2)3/h6-8H,5H2,1-4H3,(H,12,13)(H,14,15)/t6?,7-,8+/m1/s1. The van der Waals surface area contributed by atoms with Crippen LogP contribution in [0.1, 0.15) is 20.8 Å². The molecule has 2 N–H and O–H groups in total. The lowest BCUT2D eigenvalue weighted by Crippen LogP contribution is -2.37. The first-order valence-electron chi connectivity index (χ1n) is 5.34. The normalized spacial score (nSPS) is 28.2. The van der Waals surface area contributed by atoms with E-state index < -0.39 is 23.2 Å². The number of carbonyl (C=O) groups is 2. The van der Waals surface area contributed by atoms with Crippen LogP contribution in [0.3, 0.4) is 0 Å². The van der Waals surface area contributed by atoms with Crippen molar-refractivity contribution in [3.8, 4) is 0 Å². The quantitative estimate of drug-likeness (QED) is 0.719. The van der Waals surface area contributed by atoms with Gasteiger partial charge in [0.05, 0.1) is 18.4 Å². The zero-order valence-corrected chi connectivity index (χ0v) is 10.1. The van der Waals surface area contributed by atoms with E-state index in [0.717, 1.165) is 0 Å². The zero-order valence-electron chi connectivity index (χ0n) is 10.1. The summed E-state index contributed by atoms with van der Waals surface area (Å²) in [5, 5.41) is 11.7. The van der Waals surface area contributed by atoms with Crippen molar-refractivity contribution in [1.29, 1.82) is 0 Å². The summed E-state index contributed by atoms with van der Waals surface area (Å²) in [6.45, 7) is 5.86. The molecule has 0 heterocycles. The number of carbonyl (C=O) groups excluding carboxylic acids is 1. The first kappa shape index (κ1) is 13.0. The number of hydrogen-bond acceptors (Lipinski definition) is 3. The van der Waals surface area contributed by atoms with Crippen molar-refractivity contribution < 1.29 is 19.4 Å². The minimum Gasteiger partial charge on any atom is -0.481 e. The Morgan fingerprint density at radius 1 is 1.44 bits per heavy atom. The molecule has 1 saturated carbocycles. The third kappa shape index (κ3) is 2.35. The fourth-order valence-electron chi connectivity index (χ4n) is 2.21. The average molecular weight is 229 g/mol. The van der Waals surface area contributed by atoms with Crippen LogP contribution in [0.25, 0.3) is 0 Å². The van der Waals surface area contributed by atoms with Gasteiger partial charge in [-0.1, -0.05) is 13.8 Å². The number of carboxylic acids is 1. The molecule has 0 spiro atoms. The van der Waals surface area contributed by atoms with Crippen LogP contribution in [0, 0.1) is 17.3 Å². The molecule has 0 aromatic carbocycles. The molecule has 0 radical (unpaired) electrons. The second-order valence-corrected chi connectivity index (χ2v) is 4.98. The van der Waals surface area contributed by atoms with Crippen LogP contribution in [0.4, 0.5) is 0 Å². The molecule has 5 heteroatoms. The fraction of sp³-hybridized carbons (Fsp3) is 0.818. The molecule has 1 aliphatic carbocycles. The largest absolute Gasteiger partial charge is 0.481 e. The fourth-order valence-corrected chi connectivity index (χ4v) is 2.21. The van der Waals surface area contributed by atoms with E-state index in [1.807, 2.05) is 6.92 Å². The van der Waals surface area contributed by atoms with Crippen LogP contribution in [0.5, 0.6) is 0 Å². The SMILES string of the molecule is COCC(C)NC(=O)[C@H]1[C@@H](C(=O)O)C1(C)C. The lowest BCUT2D eigenvalue weighted by molar-refractivity contribution is -0.140. The maximum absolute atomic E-state index is 11.8. The molecule has 1 amide bonds. The van der Waals surface area contributed by atoms with Crippen LogP contribution < -0.4 is 5.32 Å². The molecule has 0 aliphatic heterocycles. The molecule has 16 heavy (non-hydrogen) atoms. The van der Waals surface area contributed by atoms with Gasteiger partial charge < -0.3 is 15.2 Å². The lowest BCUT2D eigenvalue weighted by Gasteiger charge is -2.13. The van der Waals surface area contributed by atoms with Gasteiger partial charge in [-0.2, -0.15) is 0 Å². The predicted octanol–water partition coefficient (Wildman–Crippen LogP) is 0.494. The van der Waals surface area contributed by atoms with E-state index in [1.54, 1.807) is 21.0 Å². The average Bonchev–Trinajstić information content (AvgIpc) is 2.69. The molecular weight excluding hydrogens is 210 g/mol. The third-order valence-corrected chi connectivity index (χ3v) is 3.18. The van der Waals surface area contributed by atoms with Crippen LogP contribution in [-0.2, 0) is 14.3 Å². The van der Waals surface area contributed by atoms with E-state index in [2.05, 4.69) is 5.32 Å². The Balaban J connectivity index is 2.54. The van der Waals surface area contributed by atoms with E-state index in [0.29, 0.717) is 6.61 Å². The smallest absolute Gasteiger partial charge is 0.307 e. The molecule has 1 unspecified atom stereocenters. The first-order chi connectivity index (χ1) is 7.32. The zero-order chi connectivity index (χ0) is 12.5. The van der Waals surface area contributed by atoms with Gasteiger partial charge in [-0.15, -0.1) is 0 Å². The Bertz CT molecular complexity index is 300. The van der Waals surface area contributed by atoms with Gasteiger partial charge in [0, 0.05) is 13.2 Å². The van der Waals surface area contributed by atoms with E-state index in [-0.39, 0.29) is 11.9 Å². The number of rotatable bonds is 5. The molecule has 1 rings (SSSR count). The number of amides is 1. The van der Waals surface area contributed by atoms with Gasteiger partial charge in [0.2, 0.25) is 5.91 Å². The third-order valence-electron chi connectivity index (χ3n) is 3.18. The van der Waals surface area contributed by atoms with Crippen molar-refractivity contribution in [2.24, 2.45) is 17.3 Å². The van der Waals surface area contributed by atoms with E-state index in [1.165, 1.54) is 0 Å². The highest BCUT2D eigenvalue weighted by Gasteiger charge is 2.65. The maximum atomic E-state index is 11.8. The summed E-state index contributed by atoms with van der Waals surface area (Å²) in [5.74, 6) is -2.09. The molecule has 0 aromatic rings. The Morgan fingerprint density at radius 3 is 2.38 bits per heavy atom. The number of carboxylic acid groups (broad SMARTS) is 1. The van der Waals surface area contributed by atoms with Crippen molar-refractivity contribution >= 4 is 11.9 Å². The summed E-state index contributed by atoms with van der Waals surface area (Å²) < 4.78 is 4.90. The van der Waals surface area contributed by atoms with Crippen molar-refractivity contribution in [2.45, 2.75) is 26.8 Å². The van der Waals surface area contributed by atoms with Gasteiger partial charge in [-0.25, -0.2) is 0 Å². The van der Waals surface area contributed by atoms with Crippen molar-refractivity contribution in [2.75, 3.05) is 13.7 Å². The summed E-state index contributed by atoms with van der Waals surface area (Å²) in [5.41, 5.74) is -0.442. The Morgan fingerprint density at radius 2 is 2.00 bits per heavy atom. The van der Waals surface area contributed by atoms with E-state index >= 15 is 0 Å². The Labute approximate surface area is 95.2 Å². The maximum Gasteiger partial charge on any atom is 0.307 e. The summed E-state index contributed by atoms with van der Waals surface area (Å²) in [6.07, 6.45) is 0. The summed E-state index contributed by atoms with van der Waals surface area (Å²) in [7, 11) is 1.56. The highest BCUT2D eigenvalue weighted by Crippen LogP contribution is 2.58. The Hall–Kier alpha value is -1.10. The van der Waals surface area contributed by atoms with Crippen molar-refractivity contribution in [3.05, 3.63) is 0 Å². The number of methoxy groups -OCH3 is 1. The summed E-state index contributed by atoms with van der Waals surface area (Å²) in [6, 6.07) is -0.0941. The van der Waals surface area contributed by atoms with Gasteiger partial charge in [-0.05, 0) is 12.3 Å². The Kier molecular flexibility index (Phi) is 3.57. The molecule has 92 valence electrons. The topological polar surface area (TPSA) is 75.6 Å². The second kappa shape index (κ2) is 4.41. The number of aliphatic carboxylic acids is 1. The molecular formula is C11H19NO4. The molecule has 1 fully saturated rings.